The highest BCUT2D eigenvalue weighted by molar-refractivity contribution is 6.07. The van der Waals surface area contributed by atoms with E-state index >= 15 is 0 Å². The maximum absolute atomic E-state index is 13.0. The predicted molar refractivity (Wildman–Crippen MR) is 116 cm³/mol. The second-order valence-electron chi connectivity index (χ2n) is 7.71. The number of benzene rings is 2. The molecule has 5 nitrogen and oxygen atoms in total. The van der Waals surface area contributed by atoms with Crippen LogP contribution in [0.4, 0.5) is 0 Å². The number of amides is 1. The Bertz CT molecular complexity index is 980. The first-order valence-electron chi connectivity index (χ1n) is 10.2. The number of hydrogen-bond donors (Lipinski definition) is 1. The maximum Gasteiger partial charge on any atom is 0.252 e. The molecule has 2 atom stereocenters. The molecular formula is C24H27N3O2. The van der Waals surface area contributed by atoms with Gasteiger partial charge in [-0.15, -0.1) is 0 Å². The van der Waals surface area contributed by atoms with Gasteiger partial charge in [-0.2, -0.15) is 0 Å². The van der Waals surface area contributed by atoms with Gasteiger partial charge >= 0.3 is 0 Å². The number of nitrogens with zero attached hydrogens (tertiary/aromatic N) is 2. The topological polar surface area (TPSA) is 54.5 Å². The Hall–Kier alpha value is -2.76. The minimum Gasteiger partial charge on any atom is -0.373 e. The van der Waals surface area contributed by atoms with E-state index in [0.29, 0.717) is 12.1 Å². The van der Waals surface area contributed by atoms with Crippen LogP contribution in [0.1, 0.15) is 24.2 Å². The average molecular weight is 389 g/mol. The van der Waals surface area contributed by atoms with Gasteiger partial charge in [-0.3, -0.25) is 9.69 Å². The number of nitrogens with one attached hydrogen (secondary N) is 1. The molecule has 2 unspecified atom stereocenters. The normalized spacial score (nSPS) is 19.9. The standard InChI is InChI=1S/C24H27N3O2/c1-17-15-27(16-18(2)29-17)13-12-25-24(28)21-14-23(19-8-4-3-5-9-19)26-22-11-7-6-10-20(21)22/h3-11,14,17-18H,12-13,15-16H2,1-2H3,(H,25,28). The third-order valence-electron chi connectivity index (χ3n) is 5.24. The number of para-hydroxylation sites is 1. The second kappa shape index (κ2) is 8.72. The first-order chi connectivity index (χ1) is 14.1. The average Bonchev–Trinajstić information content (AvgIpc) is 2.73. The van der Waals surface area contributed by atoms with Crippen molar-refractivity contribution in [2.75, 3.05) is 26.2 Å². The van der Waals surface area contributed by atoms with Crippen LogP contribution in [0, 0.1) is 0 Å². The highest BCUT2D eigenvalue weighted by Crippen LogP contribution is 2.24. The van der Waals surface area contributed by atoms with Crippen molar-refractivity contribution < 1.29 is 9.53 Å². The van der Waals surface area contributed by atoms with Crippen LogP contribution in [0.15, 0.2) is 60.7 Å². The molecule has 1 N–H and O–H groups in total. The van der Waals surface area contributed by atoms with Crippen LogP contribution >= 0.6 is 0 Å². The van der Waals surface area contributed by atoms with Crippen LogP contribution in [-0.4, -0.2) is 54.2 Å². The Morgan fingerprint density at radius 1 is 1.07 bits per heavy atom. The molecule has 0 radical (unpaired) electrons. The summed E-state index contributed by atoms with van der Waals surface area (Å²) in [4.78, 5) is 20.1. The fourth-order valence-electron chi connectivity index (χ4n) is 4.01. The van der Waals surface area contributed by atoms with Gasteiger partial charge < -0.3 is 10.1 Å². The summed E-state index contributed by atoms with van der Waals surface area (Å²) in [7, 11) is 0. The van der Waals surface area contributed by atoms with Gasteiger partial charge in [-0.1, -0.05) is 48.5 Å². The lowest BCUT2D eigenvalue weighted by molar-refractivity contribution is -0.0672. The first kappa shape index (κ1) is 19.6. The van der Waals surface area contributed by atoms with E-state index in [1.54, 1.807) is 0 Å². The lowest BCUT2D eigenvalue weighted by atomic mass is 10.0. The zero-order valence-electron chi connectivity index (χ0n) is 17.0. The second-order valence-corrected chi connectivity index (χ2v) is 7.71. The molecule has 0 aliphatic carbocycles. The summed E-state index contributed by atoms with van der Waals surface area (Å²) in [5.41, 5.74) is 3.31. The molecule has 1 aliphatic heterocycles. The van der Waals surface area contributed by atoms with Crippen LogP contribution < -0.4 is 5.32 Å². The SMILES string of the molecule is CC1CN(CCNC(=O)c2cc(-c3ccccc3)nc3ccccc23)CC(C)O1. The molecule has 1 fully saturated rings. The quantitative estimate of drug-likeness (QED) is 0.722. The van der Waals surface area contributed by atoms with E-state index in [-0.39, 0.29) is 18.1 Å². The Morgan fingerprint density at radius 2 is 1.76 bits per heavy atom. The highest BCUT2D eigenvalue weighted by Gasteiger charge is 2.22. The summed E-state index contributed by atoms with van der Waals surface area (Å²) >= 11 is 0. The summed E-state index contributed by atoms with van der Waals surface area (Å²) in [6.45, 7) is 7.41. The van der Waals surface area contributed by atoms with E-state index in [1.165, 1.54) is 0 Å². The fraction of sp³-hybridized carbons (Fsp3) is 0.333. The molecule has 1 amide bonds. The molecule has 0 saturated carbocycles. The van der Waals surface area contributed by atoms with Gasteiger partial charge in [0.05, 0.1) is 29.0 Å². The number of pyridine rings is 1. The lowest BCUT2D eigenvalue weighted by Gasteiger charge is -2.35. The number of morpholine rings is 1. The van der Waals surface area contributed by atoms with Crippen LogP contribution in [0.3, 0.4) is 0 Å². The van der Waals surface area contributed by atoms with Gasteiger partial charge in [0.1, 0.15) is 0 Å². The van der Waals surface area contributed by atoms with Gasteiger partial charge in [0, 0.05) is 37.1 Å². The maximum atomic E-state index is 13.0. The van der Waals surface area contributed by atoms with Crippen molar-refractivity contribution in [3.63, 3.8) is 0 Å². The number of ether oxygens (including phenoxy) is 1. The van der Waals surface area contributed by atoms with Gasteiger partial charge in [-0.05, 0) is 26.0 Å². The van der Waals surface area contributed by atoms with Crippen molar-refractivity contribution >= 4 is 16.8 Å². The molecule has 4 rings (SSSR count). The fourth-order valence-corrected chi connectivity index (χ4v) is 4.01. The van der Waals surface area contributed by atoms with Gasteiger partial charge in [0.25, 0.3) is 5.91 Å². The van der Waals surface area contributed by atoms with E-state index in [1.807, 2.05) is 60.7 Å². The molecule has 1 aromatic heterocycles. The Morgan fingerprint density at radius 3 is 2.52 bits per heavy atom. The number of carbonyl (C=O) groups excluding carboxylic acids is 1. The number of carbonyl (C=O) groups is 1. The Balaban J connectivity index is 1.52. The summed E-state index contributed by atoms with van der Waals surface area (Å²) in [5, 5.41) is 3.97. The number of hydrogen-bond acceptors (Lipinski definition) is 4. The smallest absolute Gasteiger partial charge is 0.252 e. The molecule has 3 aromatic rings. The number of rotatable bonds is 5. The predicted octanol–water partition coefficient (Wildman–Crippen LogP) is 3.74. The molecule has 0 spiro atoms. The summed E-state index contributed by atoms with van der Waals surface area (Å²) in [6, 6.07) is 19.7. The van der Waals surface area contributed by atoms with Crippen LogP contribution in [0.2, 0.25) is 0 Å². The molecule has 150 valence electrons. The monoisotopic (exact) mass is 389 g/mol. The number of aromatic nitrogens is 1. The van der Waals surface area contributed by atoms with E-state index in [0.717, 1.165) is 41.8 Å². The van der Waals surface area contributed by atoms with Crippen LogP contribution in [-0.2, 0) is 4.74 Å². The molecule has 1 saturated heterocycles. The lowest BCUT2D eigenvalue weighted by Crippen LogP contribution is -2.47. The third kappa shape index (κ3) is 4.63. The summed E-state index contributed by atoms with van der Waals surface area (Å²) < 4.78 is 5.78. The molecule has 2 heterocycles. The number of fused-ring (bicyclic) bond motifs is 1. The van der Waals surface area contributed by atoms with Crippen molar-refractivity contribution in [1.29, 1.82) is 0 Å². The van der Waals surface area contributed by atoms with Crippen molar-refractivity contribution in [2.24, 2.45) is 0 Å². The molecule has 1 aliphatic rings. The zero-order chi connectivity index (χ0) is 20.2. The van der Waals surface area contributed by atoms with Crippen LogP contribution in [0.5, 0.6) is 0 Å². The first-order valence-corrected chi connectivity index (χ1v) is 10.2. The Labute approximate surface area is 171 Å². The van der Waals surface area contributed by atoms with Crippen molar-refractivity contribution in [3.8, 4) is 11.3 Å². The van der Waals surface area contributed by atoms with Gasteiger partial charge in [0.2, 0.25) is 0 Å². The van der Waals surface area contributed by atoms with Crippen LogP contribution in [0.25, 0.3) is 22.2 Å². The molecular weight excluding hydrogens is 362 g/mol. The van der Waals surface area contributed by atoms with E-state index in [4.69, 9.17) is 9.72 Å². The molecule has 0 bridgehead atoms. The molecule has 2 aromatic carbocycles. The Kier molecular flexibility index (Phi) is 5.88. The minimum atomic E-state index is -0.0601. The van der Waals surface area contributed by atoms with Crippen molar-refractivity contribution in [1.82, 2.24) is 15.2 Å². The van der Waals surface area contributed by atoms with E-state index < -0.39 is 0 Å². The zero-order valence-corrected chi connectivity index (χ0v) is 17.0. The molecule has 29 heavy (non-hydrogen) atoms. The van der Waals surface area contributed by atoms with Gasteiger partial charge in [0.15, 0.2) is 0 Å². The van der Waals surface area contributed by atoms with Gasteiger partial charge in [-0.25, -0.2) is 4.98 Å². The van der Waals surface area contributed by atoms with E-state index in [9.17, 15) is 4.79 Å². The summed E-state index contributed by atoms with van der Waals surface area (Å²) in [6.07, 6.45) is 0.457. The highest BCUT2D eigenvalue weighted by atomic mass is 16.5. The summed E-state index contributed by atoms with van der Waals surface area (Å²) in [5.74, 6) is -0.0601. The van der Waals surface area contributed by atoms with Crippen molar-refractivity contribution in [2.45, 2.75) is 26.1 Å². The van der Waals surface area contributed by atoms with E-state index in [2.05, 4.69) is 24.1 Å². The third-order valence-corrected chi connectivity index (χ3v) is 5.24. The minimum absolute atomic E-state index is 0.0601. The largest absolute Gasteiger partial charge is 0.373 e. The van der Waals surface area contributed by atoms with Crippen molar-refractivity contribution in [3.05, 3.63) is 66.2 Å². The molecule has 5 heteroatoms.